The molecule has 1 fully saturated rings. The van der Waals surface area contributed by atoms with Crippen LogP contribution >= 0.6 is 0 Å². The molecule has 2 rings (SSSR count). The maximum Gasteiger partial charge on any atom is 0.0762 e. The third-order valence-corrected chi connectivity index (χ3v) is 3.67. The van der Waals surface area contributed by atoms with Crippen LogP contribution in [0.3, 0.4) is 0 Å². The van der Waals surface area contributed by atoms with E-state index in [1.807, 2.05) is 0 Å². The summed E-state index contributed by atoms with van der Waals surface area (Å²) in [5.74, 6) is 2.79. The van der Waals surface area contributed by atoms with Crippen LogP contribution in [0.15, 0.2) is 12.3 Å². The standard InChI is InChI=1S/C15H23N3/c1-3-7-13(4-2)16-12-14-10-11-18(17-14)15-8-5-6-9-15/h2,10-11,13,15-16H,3,5-9,12H2,1H3. The van der Waals surface area contributed by atoms with E-state index >= 15 is 0 Å². The lowest BCUT2D eigenvalue weighted by Gasteiger charge is -2.11. The molecule has 1 aliphatic rings. The summed E-state index contributed by atoms with van der Waals surface area (Å²) in [5, 5.41) is 8.02. The van der Waals surface area contributed by atoms with Gasteiger partial charge in [-0.1, -0.05) is 32.1 Å². The van der Waals surface area contributed by atoms with Gasteiger partial charge < -0.3 is 0 Å². The quantitative estimate of drug-likeness (QED) is 0.781. The molecule has 0 radical (unpaired) electrons. The largest absolute Gasteiger partial charge is 0.298 e. The molecule has 1 aromatic rings. The molecular weight excluding hydrogens is 222 g/mol. The van der Waals surface area contributed by atoms with Crippen LogP contribution in [-0.2, 0) is 6.54 Å². The fourth-order valence-corrected chi connectivity index (χ4v) is 2.60. The predicted octanol–water partition coefficient (Wildman–Crippen LogP) is 2.89. The number of rotatable bonds is 6. The van der Waals surface area contributed by atoms with Crippen LogP contribution in [-0.4, -0.2) is 15.8 Å². The molecule has 0 saturated heterocycles. The number of nitrogens with one attached hydrogen (secondary N) is 1. The Morgan fingerprint density at radius 1 is 1.56 bits per heavy atom. The zero-order chi connectivity index (χ0) is 12.8. The Morgan fingerprint density at radius 3 is 3.00 bits per heavy atom. The zero-order valence-corrected chi connectivity index (χ0v) is 11.2. The van der Waals surface area contributed by atoms with Gasteiger partial charge in [0.25, 0.3) is 0 Å². The molecule has 98 valence electrons. The molecule has 3 heteroatoms. The summed E-state index contributed by atoms with van der Waals surface area (Å²) < 4.78 is 2.13. The maximum atomic E-state index is 5.49. The molecule has 18 heavy (non-hydrogen) atoms. The molecule has 1 aliphatic carbocycles. The summed E-state index contributed by atoms with van der Waals surface area (Å²) in [6.45, 7) is 2.93. The predicted molar refractivity (Wildman–Crippen MR) is 74.1 cm³/mol. The molecule has 0 amide bonds. The van der Waals surface area contributed by atoms with Crippen molar-refractivity contribution < 1.29 is 0 Å². The minimum Gasteiger partial charge on any atom is -0.298 e. The van der Waals surface area contributed by atoms with E-state index in [0.717, 1.165) is 25.1 Å². The van der Waals surface area contributed by atoms with Crippen molar-refractivity contribution in [2.24, 2.45) is 0 Å². The minimum atomic E-state index is 0.173. The Balaban J connectivity index is 1.84. The van der Waals surface area contributed by atoms with Crippen molar-refractivity contribution in [3.8, 4) is 12.3 Å². The zero-order valence-electron chi connectivity index (χ0n) is 11.2. The monoisotopic (exact) mass is 245 g/mol. The molecule has 0 aliphatic heterocycles. The van der Waals surface area contributed by atoms with Gasteiger partial charge in [-0.15, -0.1) is 6.42 Å². The summed E-state index contributed by atoms with van der Waals surface area (Å²) in [4.78, 5) is 0. The summed E-state index contributed by atoms with van der Waals surface area (Å²) in [6, 6.07) is 2.90. The first-order valence-electron chi connectivity index (χ1n) is 7.07. The third-order valence-electron chi connectivity index (χ3n) is 3.67. The van der Waals surface area contributed by atoms with Crippen molar-refractivity contribution in [3.63, 3.8) is 0 Å². The molecule has 0 aromatic carbocycles. The molecule has 3 nitrogen and oxygen atoms in total. The molecular formula is C15H23N3. The van der Waals surface area contributed by atoms with Gasteiger partial charge in [0.1, 0.15) is 0 Å². The number of terminal acetylenes is 1. The van der Waals surface area contributed by atoms with Crippen LogP contribution in [0.5, 0.6) is 0 Å². The van der Waals surface area contributed by atoms with Gasteiger partial charge >= 0.3 is 0 Å². The van der Waals surface area contributed by atoms with E-state index in [9.17, 15) is 0 Å². The van der Waals surface area contributed by atoms with Crippen molar-refractivity contribution >= 4 is 0 Å². The third kappa shape index (κ3) is 3.36. The van der Waals surface area contributed by atoms with Crippen LogP contribution in [0.25, 0.3) is 0 Å². The Morgan fingerprint density at radius 2 is 2.33 bits per heavy atom. The van der Waals surface area contributed by atoms with Crippen molar-refractivity contribution in [2.45, 2.75) is 64.1 Å². The van der Waals surface area contributed by atoms with Gasteiger partial charge in [-0.25, -0.2) is 0 Å². The van der Waals surface area contributed by atoms with Crippen LogP contribution in [0.4, 0.5) is 0 Å². The van der Waals surface area contributed by atoms with E-state index in [2.05, 4.69) is 40.2 Å². The SMILES string of the molecule is C#CC(CCC)NCc1ccn(C2CCCC2)n1. The maximum absolute atomic E-state index is 5.49. The van der Waals surface area contributed by atoms with Crippen LogP contribution in [0.1, 0.15) is 57.2 Å². The lowest BCUT2D eigenvalue weighted by atomic mass is 10.2. The fraction of sp³-hybridized carbons (Fsp3) is 0.667. The summed E-state index contributed by atoms with van der Waals surface area (Å²) in [6.07, 6.45) is 15.0. The Hall–Kier alpha value is -1.27. The van der Waals surface area contributed by atoms with Gasteiger partial charge in [0.2, 0.25) is 0 Å². The average molecular weight is 245 g/mol. The molecule has 1 N–H and O–H groups in total. The molecule has 0 spiro atoms. The van der Waals surface area contributed by atoms with Crippen LogP contribution in [0.2, 0.25) is 0 Å². The highest BCUT2D eigenvalue weighted by Gasteiger charge is 2.17. The van der Waals surface area contributed by atoms with Gasteiger partial charge in [-0.2, -0.15) is 5.10 Å². The van der Waals surface area contributed by atoms with Gasteiger partial charge in [-0.05, 0) is 25.3 Å². The molecule has 1 atom stereocenters. The van der Waals surface area contributed by atoms with E-state index in [0.29, 0.717) is 6.04 Å². The van der Waals surface area contributed by atoms with Gasteiger partial charge in [0.15, 0.2) is 0 Å². The lowest BCUT2D eigenvalue weighted by Crippen LogP contribution is -2.27. The Kier molecular flexibility index (Phi) is 4.83. The number of nitrogens with zero attached hydrogens (tertiary/aromatic N) is 2. The first kappa shape index (κ1) is 13.2. The first-order valence-corrected chi connectivity index (χ1v) is 7.07. The fourth-order valence-electron chi connectivity index (χ4n) is 2.60. The van der Waals surface area contributed by atoms with E-state index in [1.165, 1.54) is 25.7 Å². The summed E-state index contributed by atoms with van der Waals surface area (Å²) in [5.41, 5.74) is 1.10. The minimum absolute atomic E-state index is 0.173. The van der Waals surface area contributed by atoms with Gasteiger partial charge in [0.05, 0.1) is 17.8 Å². The molecule has 0 bridgehead atoms. The normalized spacial score (nSPS) is 17.8. The van der Waals surface area contributed by atoms with Gasteiger partial charge in [0, 0.05) is 12.7 Å². The summed E-state index contributed by atoms with van der Waals surface area (Å²) >= 11 is 0. The van der Waals surface area contributed by atoms with E-state index in [1.54, 1.807) is 0 Å². The van der Waals surface area contributed by atoms with Crippen LogP contribution in [0, 0.1) is 12.3 Å². The second kappa shape index (κ2) is 6.61. The number of aromatic nitrogens is 2. The van der Waals surface area contributed by atoms with Crippen molar-refractivity contribution in [2.75, 3.05) is 0 Å². The Bertz CT molecular complexity index is 396. The number of hydrogen-bond acceptors (Lipinski definition) is 2. The van der Waals surface area contributed by atoms with Crippen molar-refractivity contribution in [1.82, 2.24) is 15.1 Å². The van der Waals surface area contributed by atoms with Crippen molar-refractivity contribution in [1.29, 1.82) is 0 Å². The van der Waals surface area contributed by atoms with E-state index in [-0.39, 0.29) is 6.04 Å². The lowest BCUT2D eigenvalue weighted by molar-refractivity contribution is 0.458. The van der Waals surface area contributed by atoms with E-state index < -0.39 is 0 Å². The Labute approximate surface area is 110 Å². The number of hydrogen-bond donors (Lipinski definition) is 1. The average Bonchev–Trinajstić information content (AvgIpc) is 3.04. The topological polar surface area (TPSA) is 29.9 Å². The highest BCUT2D eigenvalue weighted by atomic mass is 15.3. The van der Waals surface area contributed by atoms with Gasteiger partial charge in [-0.3, -0.25) is 10.00 Å². The smallest absolute Gasteiger partial charge is 0.0762 e. The van der Waals surface area contributed by atoms with Crippen molar-refractivity contribution in [3.05, 3.63) is 18.0 Å². The first-order chi connectivity index (χ1) is 8.83. The second-order valence-corrected chi connectivity index (χ2v) is 5.11. The highest BCUT2D eigenvalue weighted by Crippen LogP contribution is 2.28. The highest BCUT2D eigenvalue weighted by molar-refractivity contribution is 5.03. The molecule has 1 saturated carbocycles. The van der Waals surface area contributed by atoms with Crippen LogP contribution < -0.4 is 5.32 Å². The second-order valence-electron chi connectivity index (χ2n) is 5.11. The van der Waals surface area contributed by atoms with E-state index in [4.69, 9.17) is 6.42 Å². The molecule has 1 unspecified atom stereocenters. The molecule has 1 aromatic heterocycles. The molecule has 1 heterocycles. The summed E-state index contributed by atoms with van der Waals surface area (Å²) in [7, 11) is 0.